The van der Waals surface area contributed by atoms with Crippen molar-refractivity contribution in [2.45, 2.75) is 50.7 Å². The maximum Gasteiger partial charge on any atom is 0.122 e. The van der Waals surface area contributed by atoms with Crippen LogP contribution in [0.5, 0.6) is 17.2 Å². The maximum absolute atomic E-state index is 8.92. The van der Waals surface area contributed by atoms with Crippen LogP contribution in [0.1, 0.15) is 39.5 Å². The van der Waals surface area contributed by atoms with Crippen LogP contribution in [-0.4, -0.2) is 88.6 Å². The van der Waals surface area contributed by atoms with Crippen molar-refractivity contribution in [1.82, 2.24) is 19.8 Å². The predicted molar refractivity (Wildman–Crippen MR) is 201 cm³/mol. The molecule has 0 amide bonds. The number of hydrogen-bond donors (Lipinski definition) is 1. The standard InChI is InChI=1S/C19H23ClN2O2.C14H20ClNO2.C5H4BrN/c1-19(24-18-4-2-16(20)3-5-18)8-12-22(13-9-19)14-15-23-17-6-10-21-11-7-17;1-14(6-8-16(9-7-14)10-11-17)18-13-4-2-12(15)3-5-13;6-5-1-3-7-4-2-5/h2-7,10-11H,8-9,12-15H2,1H3;2-5,17H,6-11H2,1H3;1-4H. The summed E-state index contributed by atoms with van der Waals surface area (Å²) in [6, 6.07) is 22.7. The largest absolute Gasteiger partial charge is 0.492 e. The Hall–Kier alpha value is -2.92. The quantitative estimate of drug-likeness (QED) is 0.172. The van der Waals surface area contributed by atoms with E-state index in [1.807, 2.05) is 72.8 Å². The maximum atomic E-state index is 8.92. The summed E-state index contributed by atoms with van der Waals surface area (Å²) in [6.45, 7) is 10.9. The van der Waals surface area contributed by atoms with Crippen molar-refractivity contribution in [3.05, 3.63) is 112 Å². The summed E-state index contributed by atoms with van der Waals surface area (Å²) in [6.07, 6.45) is 10.9. The molecule has 0 saturated carbocycles. The summed E-state index contributed by atoms with van der Waals surface area (Å²) in [4.78, 5) is 12.5. The van der Waals surface area contributed by atoms with Crippen LogP contribution in [0.15, 0.2) is 102 Å². The van der Waals surface area contributed by atoms with Gasteiger partial charge in [-0.25, -0.2) is 0 Å². The van der Waals surface area contributed by atoms with E-state index in [4.69, 9.17) is 42.5 Å². The van der Waals surface area contributed by atoms with Crippen molar-refractivity contribution in [3.8, 4) is 17.2 Å². The van der Waals surface area contributed by atoms with Crippen LogP contribution in [0.25, 0.3) is 0 Å². The third-order valence-corrected chi connectivity index (χ3v) is 9.60. The molecule has 6 rings (SSSR count). The first-order valence-corrected chi connectivity index (χ1v) is 18.2. The van der Waals surface area contributed by atoms with E-state index in [-0.39, 0.29) is 17.8 Å². The molecule has 8 nitrogen and oxygen atoms in total. The van der Waals surface area contributed by atoms with Gasteiger partial charge in [0.15, 0.2) is 0 Å². The van der Waals surface area contributed by atoms with Crippen LogP contribution < -0.4 is 14.2 Å². The number of aliphatic hydroxyl groups is 1. The molecule has 49 heavy (non-hydrogen) atoms. The normalized spacial score (nSPS) is 17.0. The van der Waals surface area contributed by atoms with Gasteiger partial charge in [0, 0.05) is 78.6 Å². The highest BCUT2D eigenvalue weighted by Crippen LogP contribution is 2.30. The van der Waals surface area contributed by atoms with Crippen LogP contribution in [0.4, 0.5) is 0 Å². The highest BCUT2D eigenvalue weighted by Gasteiger charge is 2.33. The van der Waals surface area contributed by atoms with Gasteiger partial charge in [0.25, 0.3) is 0 Å². The first kappa shape index (κ1) is 38.9. The highest BCUT2D eigenvalue weighted by molar-refractivity contribution is 9.10. The van der Waals surface area contributed by atoms with Gasteiger partial charge < -0.3 is 24.2 Å². The van der Waals surface area contributed by atoms with Gasteiger partial charge >= 0.3 is 0 Å². The van der Waals surface area contributed by atoms with E-state index in [1.165, 1.54) is 0 Å². The Morgan fingerprint density at radius 3 is 1.43 bits per heavy atom. The summed E-state index contributed by atoms with van der Waals surface area (Å²) in [7, 11) is 0. The fourth-order valence-corrected chi connectivity index (χ4v) is 5.97. The second-order valence-corrected chi connectivity index (χ2v) is 14.4. The van der Waals surface area contributed by atoms with E-state index in [2.05, 4.69) is 49.5 Å². The Morgan fingerprint density at radius 1 is 0.633 bits per heavy atom. The lowest BCUT2D eigenvalue weighted by Gasteiger charge is -2.39. The van der Waals surface area contributed by atoms with Gasteiger partial charge in [-0.2, -0.15) is 0 Å². The molecule has 2 saturated heterocycles. The van der Waals surface area contributed by atoms with Crippen molar-refractivity contribution < 1.29 is 19.3 Å². The van der Waals surface area contributed by atoms with Crippen molar-refractivity contribution in [2.75, 3.05) is 52.5 Å². The number of β-amino-alcohol motifs (C(OH)–C–C–N with tert-alkyl or cyclic N) is 1. The molecular weight excluding hydrogens is 727 g/mol. The number of nitrogens with zero attached hydrogens (tertiary/aromatic N) is 4. The molecule has 2 aliphatic rings. The van der Waals surface area contributed by atoms with E-state index in [0.29, 0.717) is 6.61 Å². The molecule has 2 fully saturated rings. The minimum Gasteiger partial charge on any atom is -0.492 e. The molecule has 4 heterocycles. The fourth-order valence-electron chi connectivity index (χ4n) is 5.48. The predicted octanol–water partition coefficient (Wildman–Crippen LogP) is 8.46. The van der Waals surface area contributed by atoms with Crippen molar-refractivity contribution in [3.63, 3.8) is 0 Å². The van der Waals surface area contributed by atoms with Crippen molar-refractivity contribution in [1.29, 1.82) is 0 Å². The summed E-state index contributed by atoms with van der Waals surface area (Å²) < 4.78 is 19.1. The van der Waals surface area contributed by atoms with Gasteiger partial charge in [0.05, 0.1) is 6.61 Å². The number of ether oxygens (including phenoxy) is 3. The van der Waals surface area contributed by atoms with E-state index in [0.717, 1.165) is 96.7 Å². The Morgan fingerprint density at radius 2 is 1.04 bits per heavy atom. The number of pyridine rings is 2. The van der Waals surface area contributed by atoms with Gasteiger partial charge in [-0.1, -0.05) is 39.1 Å². The molecule has 1 N–H and O–H groups in total. The lowest BCUT2D eigenvalue weighted by atomic mass is 9.93. The molecular formula is C38H47BrCl2N4O4. The fraction of sp³-hybridized carbons (Fsp3) is 0.421. The molecule has 0 aliphatic carbocycles. The Bertz CT molecular complexity index is 1470. The molecule has 264 valence electrons. The van der Waals surface area contributed by atoms with Gasteiger partial charge in [-0.15, -0.1) is 0 Å². The lowest BCUT2D eigenvalue weighted by molar-refractivity contribution is 0.0125. The molecule has 2 aliphatic heterocycles. The molecule has 0 atom stereocenters. The second kappa shape index (κ2) is 20.1. The number of likely N-dealkylation sites (tertiary alicyclic amines) is 2. The molecule has 0 unspecified atom stereocenters. The summed E-state index contributed by atoms with van der Waals surface area (Å²) in [5.41, 5.74) is -0.226. The van der Waals surface area contributed by atoms with E-state index in [1.54, 1.807) is 24.8 Å². The average Bonchev–Trinajstić information content (AvgIpc) is 3.10. The van der Waals surface area contributed by atoms with E-state index < -0.39 is 0 Å². The van der Waals surface area contributed by atoms with Crippen LogP contribution in [0.2, 0.25) is 10.0 Å². The molecule has 0 bridgehead atoms. The lowest BCUT2D eigenvalue weighted by Crippen LogP contribution is -2.47. The number of piperidine rings is 2. The second-order valence-electron chi connectivity index (χ2n) is 12.6. The zero-order chi connectivity index (χ0) is 35.0. The molecule has 2 aromatic carbocycles. The summed E-state index contributed by atoms with van der Waals surface area (Å²) in [5, 5.41) is 10.4. The zero-order valence-corrected chi connectivity index (χ0v) is 31.4. The van der Waals surface area contributed by atoms with Gasteiger partial charge in [-0.05, 0) is 112 Å². The number of benzene rings is 2. The van der Waals surface area contributed by atoms with Crippen LogP contribution in [0, 0.1) is 0 Å². The molecule has 4 aromatic rings. The number of aliphatic hydroxyl groups excluding tert-OH is 1. The van der Waals surface area contributed by atoms with Gasteiger partial charge in [0.2, 0.25) is 0 Å². The first-order chi connectivity index (χ1) is 23.6. The zero-order valence-electron chi connectivity index (χ0n) is 28.3. The smallest absolute Gasteiger partial charge is 0.122 e. The van der Waals surface area contributed by atoms with E-state index in [9.17, 15) is 0 Å². The Balaban J connectivity index is 0.000000189. The molecule has 0 radical (unpaired) electrons. The first-order valence-electron chi connectivity index (χ1n) is 16.7. The Kier molecular flexibility index (Phi) is 15.9. The summed E-state index contributed by atoms with van der Waals surface area (Å²) >= 11 is 15.1. The monoisotopic (exact) mass is 772 g/mol. The minimum absolute atomic E-state index is 0.111. The van der Waals surface area contributed by atoms with Crippen molar-refractivity contribution in [2.24, 2.45) is 0 Å². The third kappa shape index (κ3) is 14.5. The number of halogens is 3. The average molecular weight is 775 g/mol. The Labute approximate surface area is 309 Å². The highest BCUT2D eigenvalue weighted by atomic mass is 79.9. The van der Waals surface area contributed by atoms with E-state index >= 15 is 0 Å². The molecule has 11 heteroatoms. The number of hydrogen-bond acceptors (Lipinski definition) is 8. The topological polar surface area (TPSA) is 80.2 Å². The SMILES string of the molecule is Brc1ccncc1.CC1(Oc2ccc(Cl)cc2)CCN(CCO)CC1.CC1(Oc2ccc(Cl)cc2)CCN(CCOc2ccncc2)CC1. The van der Waals surface area contributed by atoms with Crippen molar-refractivity contribution >= 4 is 39.1 Å². The number of aromatic nitrogens is 2. The molecule has 2 aromatic heterocycles. The minimum atomic E-state index is -0.115. The molecule has 0 spiro atoms. The van der Waals surface area contributed by atoms with Crippen LogP contribution in [-0.2, 0) is 0 Å². The van der Waals surface area contributed by atoms with Gasteiger partial charge in [-0.3, -0.25) is 14.9 Å². The van der Waals surface area contributed by atoms with Crippen LogP contribution in [0.3, 0.4) is 0 Å². The summed E-state index contributed by atoms with van der Waals surface area (Å²) in [5.74, 6) is 2.63. The van der Waals surface area contributed by atoms with Gasteiger partial charge in [0.1, 0.15) is 35.1 Å². The third-order valence-electron chi connectivity index (χ3n) is 8.57. The number of rotatable bonds is 10. The van der Waals surface area contributed by atoms with Crippen LogP contribution >= 0.6 is 39.1 Å².